The summed E-state index contributed by atoms with van der Waals surface area (Å²) in [5, 5.41) is 2.99. The van der Waals surface area contributed by atoms with Crippen molar-refractivity contribution in [1.29, 1.82) is 0 Å². The zero-order chi connectivity index (χ0) is 12.8. The number of carbonyl (C=O) groups is 1. The second-order valence-corrected chi connectivity index (χ2v) is 5.14. The van der Waals surface area contributed by atoms with Gasteiger partial charge in [-0.15, -0.1) is 0 Å². The van der Waals surface area contributed by atoms with Crippen LogP contribution in [0.1, 0.15) is 43.7 Å². The number of nitrogens with two attached hydrogens (primary N) is 1. The number of benzene rings is 1. The Kier molecular flexibility index (Phi) is 4.76. The molecule has 18 heavy (non-hydrogen) atoms. The fourth-order valence-electron chi connectivity index (χ4n) is 2.56. The van der Waals surface area contributed by atoms with Crippen LogP contribution in [0.25, 0.3) is 0 Å². The minimum Gasteiger partial charge on any atom is -0.354 e. The Morgan fingerprint density at radius 2 is 1.89 bits per heavy atom. The van der Waals surface area contributed by atoms with E-state index >= 15 is 0 Å². The molecule has 1 aliphatic carbocycles. The van der Waals surface area contributed by atoms with Crippen molar-refractivity contribution < 1.29 is 4.79 Å². The molecule has 1 aromatic carbocycles. The molecule has 0 bridgehead atoms. The van der Waals surface area contributed by atoms with E-state index in [1.807, 2.05) is 30.3 Å². The molecule has 0 aliphatic heterocycles. The molecule has 1 saturated carbocycles. The van der Waals surface area contributed by atoms with Gasteiger partial charge in [-0.25, -0.2) is 0 Å². The molecule has 0 radical (unpaired) electrons. The summed E-state index contributed by atoms with van der Waals surface area (Å²) in [7, 11) is 0. The van der Waals surface area contributed by atoms with Gasteiger partial charge in [0.1, 0.15) is 6.04 Å². The largest absolute Gasteiger partial charge is 0.354 e. The van der Waals surface area contributed by atoms with Crippen LogP contribution < -0.4 is 11.1 Å². The maximum Gasteiger partial charge on any atom is 0.241 e. The minimum atomic E-state index is -0.546. The molecule has 1 amide bonds. The van der Waals surface area contributed by atoms with Crippen LogP contribution in [0.5, 0.6) is 0 Å². The summed E-state index contributed by atoms with van der Waals surface area (Å²) >= 11 is 0. The quantitative estimate of drug-likeness (QED) is 0.857. The normalized spacial score (nSPS) is 18.3. The molecule has 1 aromatic rings. The molecule has 0 aromatic heterocycles. The Bertz CT molecular complexity index is 371. The number of nitrogens with one attached hydrogen (secondary N) is 1. The fourth-order valence-corrected chi connectivity index (χ4v) is 2.56. The zero-order valence-electron chi connectivity index (χ0n) is 10.8. The number of carbonyl (C=O) groups excluding carboxylic acids is 1. The van der Waals surface area contributed by atoms with Crippen molar-refractivity contribution in [3.63, 3.8) is 0 Å². The molecule has 3 N–H and O–H groups in total. The monoisotopic (exact) mass is 246 g/mol. The first-order valence-electron chi connectivity index (χ1n) is 6.85. The second kappa shape index (κ2) is 6.55. The highest BCUT2D eigenvalue weighted by Crippen LogP contribution is 2.22. The lowest BCUT2D eigenvalue weighted by Crippen LogP contribution is -2.37. The van der Waals surface area contributed by atoms with E-state index in [1.165, 1.54) is 32.1 Å². The fraction of sp³-hybridized carbons (Fsp3) is 0.533. The lowest BCUT2D eigenvalue weighted by atomic mass is 9.89. The van der Waals surface area contributed by atoms with Gasteiger partial charge in [-0.3, -0.25) is 4.79 Å². The third-order valence-electron chi connectivity index (χ3n) is 3.73. The molecule has 3 heteroatoms. The van der Waals surface area contributed by atoms with Crippen LogP contribution in [0.4, 0.5) is 0 Å². The Hall–Kier alpha value is -1.35. The van der Waals surface area contributed by atoms with Gasteiger partial charge in [0.05, 0.1) is 0 Å². The number of rotatable bonds is 4. The lowest BCUT2D eigenvalue weighted by Gasteiger charge is -2.22. The average molecular weight is 246 g/mol. The van der Waals surface area contributed by atoms with Gasteiger partial charge in [0.25, 0.3) is 0 Å². The van der Waals surface area contributed by atoms with Gasteiger partial charge >= 0.3 is 0 Å². The first-order valence-corrected chi connectivity index (χ1v) is 6.85. The molecule has 0 saturated heterocycles. The summed E-state index contributed by atoms with van der Waals surface area (Å²) in [5.41, 5.74) is 6.82. The van der Waals surface area contributed by atoms with Gasteiger partial charge in [-0.2, -0.15) is 0 Å². The molecular weight excluding hydrogens is 224 g/mol. The van der Waals surface area contributed by atoms with E-state index in [-0.39, 0.29) is 5.91 Å². The van der Waals surface area contributed by atoms with Gasteiger partial charge < -0.3 is 11.1 Å². The Labute approximate surface area is 109 Å². The molecule has 1 aliphatic rings. The molecule has 0 spiro atoms. The average Bonchev–Trinajstić information content (AvgIpc) is 2.46. The van der Waals surface area contributed by atoms with Crippen LogP contribution in [0.15, 0.2) is 30.3 Å². The Morgan fingerprint density at radius 1 is 1.22 bits per heavy atom. The first kappa shape index (κ1) is 13.1. The van der Waals surface area contributed by atoms with E-state index in [0.29, 0.717) is 5.92 Å². The Balaban J connectivity index is 1.80. The van der Waals surface area contributed by atoms with Crippen LogP contribution in [0.3, 0.4) is 0 Å². The van der Waals surface area contributed by atoms with Gasteiger partial charge in [0.15, 0.2) is 0 Å². The third kappa shape index (κ3) is 3.57. The van der Waals surface area contributed by atoms with Crippen molar-refractivity contribution in [3.05, 3.63) is 35.9 Å². The summed E-state index contributed by atoms with van der Waals surface area (Å²) in [6.07, 6.45) is 6.41. The first-order chi connectivity index (χ1) is 8.77. The van der Waals surface area contributed by atoms with Gasteiger partial charge in [0.2, 0.25) is 5.91 Å². The van der Waals surface area contributed by atoms with Gasteiger partial charge in [-0.1, -0.05) is 49.6 Å². The molecule has 98 valence electrons. The molecule has 0 heterocycles. The summed E-state index contributed by atoms with van der Waals surface area (Å²) in [6, 6.07) is 8.98. The maximum absolute atomic E-state index is 12.0. The van der Waals surface area contributed by atoms with E-state index in [4.69, 9.17) is 5.73 Å². The van der Waals surface area contributed by atoms with Crippen molar-refractivity contribution in [2.75, 3.05) is 6.54 Å². The zero-order valence-corrected chi connectivity index (χ0v) is 10.8. The van der Waals surface area contributed by atoms with Crippen LogP contribution in [-0.2, 0) is 4.79 Å². The number of hydrogen-bond acceptors (Lipinski definition) is 2. The summed E-state index contributed by atoms with van der Waals surface area (Å²) in [6.45, 7) is 0.777. The van der Waals surface area contributed by atoms with Crippen molar-refractivity contribution in [2.24, 2.45) is 11.7 Å². The molecular formula is C15H22N2O. The van der Waals surface area contributed by atoms with Crippen molar-refractivity contribution in [3.8, 4) is 0 Å². The van der Waals surface area contributed by atoms with E-state index in [9.17, 15) is 4.79 Å². The van der Waals surface area contributed by atoms with Crippen LogP contribution in [0.2, 0.25) is 0 Å². The minimum absolute atomic E-state index is 0.0632. The highest BCUT2D eigenvalue weighted by Gasteiger charge is 2.18. The van der Waals surface area contributed by atoms with E-state index < -0.39 is 6.04 Å². The predicted octanol–water partition coefficient (Wildman–Crippen LogP) is 2.38. The summed E-state index contributed by atoms with van der Waals surface area (Å²) < 4.78 is 0. The SMILES string of the molecule is NC(C(=O)NCC1CCCCC1)c1ccccc1. The predicted molar refractivity (Wildman–Crippen MR) is 73.0 cm³/mol. The molecule has 2 rings (SSSR count). The van der Waals surface area contributed by atoms with Crippen molar-refractivity contribution in [2.45, 2.75) is 38.1 Å². The lowest BCUT2D eigenvalue weighted by molar-refractivity contribution is -0.122. The second-order valence-electron chi connectivity index (χ2n) is 5.14. The number of amides is 1. The molecule has 3 nitrogen and oxygen atoms in total. The van der Waals surface area contributed by atoms with Gasteiger partial charge in [-0.05, 0) is 24.3 Å². The summed E-state index contributed by atoms with van der Waals surface area (Å²) in [5.74, 6) is 0.581. The van der Waals surface area contributed by atoms with Crippen LogP contribution in [0, 0.1) is 5.92 Å². The highest BCUT2D eigenvalue weighted by molar-refractivity contribution is 5.82. The number of hydrogen-bond donors (Lipinski definition) is 2. The van der Waals surface area contributed by atoms with Gasteiger partial charge in [0, 0.05) is 6.54 Å². The van der Waals surface area contributed by atoms with Crippen LogP contribution in [-0.4, -0.2) is 12.5 Å². The standard InChI is InChI=1S/C15H22N2O/c16-14(13-9-5-2-6-10-13)15(18)17-11-12-7-3-1-4-8-12/h2,5-6,9-10,12,14H,1,3-4,7-8,11,16H2,(H,17,18). The summed E-state index contributed by atoms with van der Waals surface area (Å²) in [4.78, 5) is 12.0. The smallest absolute Gasteiger partial charge is 0.241 e. The molecule has 1 atom stereocenters. The van der Waals surface area contributed by atoms with Crippen molar-refractivity contribution >= 4 is 5.91 Å². The maximum atomic E-state index is 12.0. The Morgan fingerprint density at radius 3 is 2.56 bits per heavy atom. The van der Waals surface area contributed by atoms with E-state index in [1.54, 1.807) is 0 Å². The topological polar surface area (TPSA) is 55.1 Å². The van der Waals surface area contributed by atoms with Crippen LogP contribution >= 0.6 is 0 Å². The highest BCUT2D eigenvalue weighted by atomic mass is 16.2. The molecule has 1 unspecified atom stereocenters. The molecule has 1 fully saturated rings. The third-order valence-corrected chi connectivity index (χ3v) is 3.73. The van der Waals surface area contributed by atoms with E-state index in [0.717, 1.165) is 12.1 Å². The van der Waals surface area contributed by atoms with Crippen molar-refractivity contribution in [1.82, 2.24) is 5.32 Å². The van der Waals surface area contributed by atoms with E-state index in [2.05, 4.69) is 5.32 Å².